The van der Waals surface area contributed by atoms with E-state index in [1.807, 2.05) is 4.90 Å². The number of piperidine rings is 1. The number of nitrogens with two attached hydrogens (primary N) is 1. The van der Waals surface area contributed by atoms with Crippen molar-refractivity contribution in [3.8, 4) is 0 Å². The number of halogens is 1. The van der Waals surface area contributed by atoms with Crippen molar-refractivity contribution in [2.24, 2.45) is 0 Å². The lowest BCUT2D eigenvalue weighted by Crippen LogP contribution is -2.43. The molecule has 2 heterocycles. The van der Waals surface area contributed by atoms with Gasteiger partial charge in [-0.3, -0.25) is 4.79 Å². The van der Waals surface area contributed by atoms with Crippen molar-refractivity contribution in [2.75, 3.05) is 12.3 Å². The highest BCUT2D eigenvalue weighted by Gasteiger charge is 2.27. The minimum Gasteiger partial charge on any atom is -0.397 e. The summed E-state index contributed by atoms with van der Waals surface area (Å²) in [6.45, 7) is 2.96. The first kappa shape index (κ1) is 14.1. The van der Waals surface area contributed by atoms with E-state index in [1.54, 1.807) is 6.07 Å². The number of amides is 1. The molecule has 1 saturated heterocycles. The molecule has 1 fully saturated rings. The molecule has 1 aliphatic rings. The Labute approximate surface area is 118 Å². The van der Waals surface area contributed by atoms with E-state index in [2.05, 4.69) is 11.9 Å². The molecule has 2 rings (SSSR count). The third-order valence-electron chi connectivity index (χ3n) is 3.64. The number of likely N-dealkylation sites (tertiary alicyclic amines) is 1. The number of aromatic nitrogens is 1. The van der Waals surface area contributed by atoms with Crippen LogP contribution in [-0.4, -0.2) is 28.4 Å². The minimum absolute atomic E-state index is 0.0139. The standard InChI is InChI=1S/C14H20ClN3O/c1-2-5-10-6-3-4-7-18(10)14(19)11-8-13(15)17-9-12(11)16/h8-10H,2-7,16H2,1H3. The van der Waals surface area contributed by atoms with Crippen LogP contribution in [0.4, 0.5) is 5.69 Å². The van der Waals surface area contributed by atoms with Gasteiger partial charge in [-0.1, -0.05) is 24.9 Å². The Morgan fingerprint density at radius 2 is 2.37 bits per heavy atom. The van der Waals surface area contributed by atoms with Crippen LogP contribution < -0.4 is 5.73 Å². The van der Waals surface area contributed by atoms with E-state index in [0.717, 1.165) is 32.2 Å². The van der Waals surface area contributed by atoms with Crippen LogP contribution >= 0.6 is 11.6 Å². The van der Waals surface area contributed by atoms with Crippen LogP contribution in [0.25, 0.3) is 0 Å². The van der Waals surface area contributed by atoms with Gasteiger partial charge in [0.25, 0.3) is 5.91 Å². The molecule has 1 atom stereocenters. The van der Waals surface area contributed by atoms with Gasteiger partial charge >= 0.3 is 0 Å². The first-order chi connectivity index (χ1) is 9.13. The van der Waals surface area contributed by atoms with Gasteiger partial charge in [-0.05, 0) is 31.7 Å². The third kappa shape index (κ3) is 3.18. The van der Waals surface area contributed by atoms with Crippen molar-refractivity contribution in [1.29, 1.82) is 0 Å². The number of carbonyl (C=O) groups is 1. The predicted molar refractivity (Wildman–Crippen MR) is 77.2 cm³/mol. The lowest BCUT2D eigenvalue weighted by molar-refractivity contribution is 0.0601. The molecule has 0 aromatic carbocycles. The zero-order chi connectivity index (χ0) is 13.8. The van der Waals surface area contributed by atoms with Gasteiger partial charge in [0.05, 0.1) is 17.4 Å². The predicted octanol–water partition coefficient (Wildman–Crippen LogP) is 3.11. The van der Waals surface area contributed by atoms with E-state index in [4.69, 9.17) is 17.3 Å². The molecule has 19 heavy (non-hydrogen) atoms. The van der Waals surface area contributed by atoms with Gasteiger partial charge in [-0.2, -0.15) is 0 Å². The fourth-order valence-corrected chi connectivity index (χ4v) is 2.84. The topological polar surface area (TPSA) is 59.2 Å². The third-order valence-corrected chi connectivity index (χ3v) is 3.85. The van der Waals surface area contributed by atoms with Crippen LogP contribution in [-0.2, 0) is 0 Å². The van der Waals surface area contributed by atoms with Gasteiger partial charge in [-0.25, -0.2) is 4.98 Å². The average molecular weight is 282 g/mol. The molecule has 4 nitrogen and oxygen atoms in total. The summed E-state index contributed by atoms with van der Waals surface area (Å²) in [5.41, 5.74) is 6.72. The Morgan fingerprint density at radius 3 is 3.11 bits per heavy atom. The molecule has 0 bridgehead atoms. The van der Waals surface area contributed by atoms with Gasteiger partial charge in [0.2, 0.25) is 0 Å². The lowest BCUT2D eigenvalue weighted by atomic mass is 9.97. The van der Waals surface area contributed by atoms with Gasteiger partial charge in [0.15, 0.2) is 0 Å². The number of carbonyl (C=O) groups excluding carboxylic acids is 1. The largest absolute Gasteiger partial charge is 0.397 e. The van der Waals surface area contributed by atoms with Crippen molar-refractivity contribution in [3.05, 3.63) is 23.0 Å². The molecule has 104 valence electrons. The maximum Gasteiger partial charge on any atom is 0.256 e. The molecule has 0 aliphatic carbocycles. The second kappa shape index (κ2) is 6.24. The zero-order valence-corrected chi connectivity index (χ0v) is 12.0. The first-order valence-corrected chi connectivity index (χ1v) is 7.23. The van der Waals surface area contributed by atoms with Crippen molar-refractivity contribution in [2.45, 2.75) is 45.1 Å². The Bertz CT molecular complexity index is 462. The second-order valence-electron chi connectivity index (χ2n) is 5.03. The van der Waals surface area contributed by atoms with E-state index in [-0.39, 0.29) is 5.91 Å². The summed E-state index contributed by atoms with van der Waals surface area (Å²) in [4.78, 5) is 18.5. The van der Waals surface area contributed by atoms with Crippen LogP contribution in [0.15, 0.2) is 12.3 Å². The lowest BCUT2D eigenvalue weighted by Gasteiger charge is -2.36. The first-order valence-electron chi connectivity index (χ1n) is 6.85. The van der Waals surface area contributed by atoms with Crippen LogP contribution in [0.5, 0.6) is 0 Å². The minimum atomic E-state index is -0.0139. The summed E-state index contributed by atoms with van der Waals surface area (Å²) in [6, 6.07) is 1.90. The Hall–Kier alpha value is -1.29. The SMILES string of the molecule is CCCC1CCCCN1C(=O)c1cc(Cl)ncc1N. The van der Waals surface area contributed by atoms with E-state index < -0.39 is 0 Å². The molecule has 1 unspecified atom stereocenters. The van der Waals surface area contributed by atoms with Crippen molar-refractivity contribution < 1.29 is 4.79 Å². The molecule has 1 aromatic heterocycles. The molecule has 1 aliphatic heterocycles. The van der Waals surface area contributed by atoms with Crippen LogP contribution in [0.2, 0.25) is 5.15 Å². The van der Waals surface area contributed by atoms with Crippen molar-refractivity contribution >= 4 is 23.2 Å². The van der Waals surface area contributed by atoms with E-state index in [0.29, 0.717) is 22.4 Å². The summed E-state index contributed by atoms with van der Waals surface area (Å²) in [7, 11) is 0. The Morgan fingerprint density at radius 1 is 1.58 bits per heavy atom. The molecule has 5 heteroatoms. The maximum absolute atomic E-state index is 12.6. The van der Waals surface area contributed by atoms with Crippen LogP contribution in [0.3, 0.4) is 0 Å². The molecule has 1 amide bonds. The summed E-state index contributed by atoms with van der Waals surface area (Å²) in [6.07, 6.45) is 6.92. The zero-order valence-electron chi connectivity index (χ0n) is 11.2. The summed E-state index contributed by atoms with van der Waals surface area (Å²) < 4.78 is 0. The van der Waals surface area contributed by atoms with Crippen LogP contribution in [0.1, 0.15) is 49.4 Å². The van der Waals surface area contributed by atoms with E-state index in [1.165, 1.54) is 12.6 Å². The Balaban J connectivity index is 2.23. The highest BCUT2D eigenvalue weighted by molar-refractivity contribution is 6.29. The number of hydrogen-bond acceptors (Lipinski definition) is 3. The van der Waals surface area contributed by atoms with Gasteiger partial charge in [0.1, 0.15) is 5.15 Å². The molecular formula is C14H20ClN3O. The number of pyridine rings is 1. The van der Waals surface area contributed by atoms with Gasteiger partial charge < -0.3 is 10.6 Å². The van der Waals surface area contributed by atoms with Crippen molar-refractivity contribution in [3.63, 3.8) is 0 Å². The molecule has 1 aromatic rings. The number of anilines is 1. The summed E-state index contributed by atoms with van der Waals surface area (Å²) in [5.74, 6) is -0.0139. The smallest absolute Gasteiger partial charge is 0.256 e. The number of rotatable bonds is 3. The number of nitrogen functional groups attached to an aromatic ring is 1. The highest BCUT2D eigenvalue weighted by Crippen LogP contribution is 2.25. The quantitative estimate of drug-likeness (QED) is 0.866. The average Bonchev–Trinajstić information content (AvgIpc) is 2.42. The van der Waals surface area contributed by atoms with Gasteiger partial charge in [0, 0.05) is 12.6 Å². The van der Waals surface area contributed by atoms with Crippen LogP contribution in [0, 0.1) is 0 Å². The number of nitrogens with zero attached hydrogens (tertiary/aromatic N) is 2. The van der Waals surface area contributed by atoms with Gasteiger partial charge in [-0.15, -0.1) is 0 Å². The molecule has 2 N–H and O–H groups in total. The summed E-state index contributed by atoms with van der Waals surface area (Å²) in [5, 5.41) is 0.307. The molecule has 0 saturated carbocycles. The maximum atomic E-state index is 12.6. The van der Waals surface area contributed by atoms with Crippen molar-refractivity contribution in [1.82, 2.24) is 9.88 Å². The molecule has 0 radical (unpaired) electrons. The Kier molecular flexibility index (Phi) is 4.64. The van der Waals surface area contributed by atoms with E-state index in [9.17, 15) is 4.79 Å². The summed E-state index contributed by atoms with van der Waals surface area (Å²) >= 11 is 5.86. The highest BCUT2D eigenvalue weighted by atomic mass is 35.5. The fourth-order valence-electron chi connectivity index (χ4n) is 2.68. The number of hydrogen-bond donors (Lipinski definition) is 1. The second-order valence-corrected chi connectivity index (χ2v) is 5.42. The molecular weight excluding hydrogens is 262 g/mol. The molecule has 0 spiro atoms. The van der Waals surface area contributed by atoms with E-state index >= 15 is 0 Å². The fraction of sp³-hybridized carbons (Fsp3) is 0.571. The normalized spacial score (nSPS) is 19.5. The monoisotopic (exact) mass is 281 g/mol.